The average molecular weight is 195 g/mol. The number of aliphatic hydroxyl groups is 1. The highest BCUT2D eigenvalue weighted by molar-refractivity contribution is 5.20. The first-order valence-corrected chi connectivity index (χ1v) is 4.42. The van der Waals surface area contributed by atoms with Crippen LogP contribution < -0.4 is 0 Å². The van der Waals surface area contributed by atoms with Gasteiger partial charge in [0.2, 0.25) is 0 Å². The van der Waals surface area contributed by atoms with Gasteiger partial charge in [-0.2, -0.15) is 0 Å². The smallest absolute Gasteiger partial charge is 0.141 e. The lowest BCUT2D eigenvalue weighted by molar-refractivity contribution is 0.105. The summed E-state index contributed by atoms with van der Waals surface area (Å²) in [4.78, 5) is 3.83. The van der Waals surface area contributed by atoms with E-state index in [0.29, 0.717) is 5.69 Å². The molecule has 0 bridgehead atoms. The summed E-state index contributed by atoms with van der Waals surface area (Å²) >= 11 is 0. The van der Waals surface area contributed by atoms with Crippen molar-refractivity contribution in [3.63, 3.8) is 0 Å². The SMILES string of the molecule is CC(C)=CC(C)(O)c1ccc(F)cn1. The summed E-state index contributed by atoms with van der Waals surface area (Å²) in [6.07, 6.45) is 2.79. The van der Waals surface area contributed by atoms with Crippen molar-refractivity contribution < 1.29 is 9.50 Å². The molecule has 0 saturated heterocycles. The van der Waals surface area contributed by atoms with E-state index in [1.165, 1.54) is 12.1 Å². The summed E-state index contributed by atoms with van der Waals surface area (Å²) in [6.45, 7) is 5.40. The van der Waals surface area contributed by atoms with Crippen molar-refractivity contribution in [3.05, 3.63) is 41.5 Å². The van der Waals surface area contributed by atoms with Gasteiger partial charge in [-0.25, -0.2) is 4.39 Å². The fraction of sp³-hybridized carbons (Fsp3) is 0.364. The minimum atomic E-state index is -1.13. The Hall–Kier alpha value is -1.22. The molecule has 0 aromatic carbocycles. The second-order valence-electron chi connectivity index (χ2n) is 3.73. The van der Waals surface area contributed by atoms with E-state index in [0.717, 1.165) is 11.8 Å². The van der Waals surface area contributed by atoms with Crippen LogP contribution in [-0.2, 0) is 5.60 Å². The number of rotatable bonds is 2. The molecule has 2 nitrogen and oxygen atoms in total. The second kappa shape index (κ2) is 3.88. The van der Waals surface area contributed by atoms with Crippen molar-refractivity contribution >= 4 is 0 Å². The van der Waals surface area contributed by atoms with E-state index in [-0.39, 0.29) is 0 Å². The Morgan fingerprint density at radius 2 is 2.14 bits per heavy atom. The maximum atomic E-state index is 12.6. The maximum absolute atomic E-state index is 12.6. The molecule has 1 aromatic heterocycles. The molecule has 0 radical (unpaired) electrons. The summed E-state index contributed by atoms with van der Waals surface area (Å²) in [5.74, 6) is -0.401. The average Bonchev–Trinajstić information content (AvgIpc) is 2.02. The molecular weight excluding hydrogens is 181 g/mol. The van der Waals surface area contributed by atoms with E-state index in [4.69, 9.17) is 0 Å². The van der Waals surface area contributed by atoms with E-state index in [1.54, 1.807) is 13.0 Å². The van der Waals surface area contributed by atoms with Crippen LogP contribution in [0.3, 0.4) is 0 Å². The Morgan fingerprint density at radius 1 is 1.50 bits per heavy atom. The lowest BCUT2D eigenvalue weighted by Gasteiger charge is -2.18. The van der Waals surface area contributed by atoms with Crippen LogP contribution in [-0.4, -0.2) is 10.1 Å². The van der Waals surface area contributed by atoms with Crippen molar-refractivity contribution in [1.82, 2.24) is 4.98 Å². The summed E-state index contributed by atoms with van der Waals surface area (Å²) in [5, 5.41) is 9.99. The fourth-order valence-corrected chi connectivity index (χ4v) is 1.31. The van der Waals surface area contributed by atoms with Gasteiger partial charge in [0.05, 0.1) is 11.9 Å². The highest BCUT2D eigenvalue weighted by Crippen LogP contribution is 2.21. The Labute approximate surface area is 83.1 Å². The van der Waals surface area contributed by atoms with Gasteiger partial charge in [-0.05, 0) is 39.0 Å². The van der Waals surface area contributed by atoms with Gasteiger partial charge in [-0.15, -0.1) is 0 Å². The van der Waals surface area contributed by atoms with Crippen molar-refractivity contribution in [3.8, 4) is 0 Å². The molecule has 1 unspecified atom stereocenters. The van der Waals surface area contributed by atoms with E-state index in [2.05, 4.69) is 4.98 Å². The Bertz CT molecular complexity index is 337. The Morgan fingerprint density at radius 3 is 2.57 bits per heavy atom. The van der Waals surface area contributed by atoms with E-state index < -0.39 is 11.4 Å². The summed E-state index contributed by atoms with van der Waals surface area (Å²) in [5.41, 5.74) is 0.299. The molecular formula is C11H14FNO. The first-order valence-electron chi connectivity index (χ1n) is 4.42. The molecule has 3 heteroatoms. The topological polar surface area (TPSA) is 33.1 Å². The van der Waals surface area contributed by atoms with Gasteiger partial charge in [0.15, 0.2) is 0 Å². The predicted octanol–water partition coefficient (Wildman–Crippen LogP) is 2.39. The number of hydrogen-bond acceptors (Lipinski definition) is 2. The molecule has 1 heterocycles. The van der Waals surface area contributed by atoms with Gasteiger partial charge in [0, 0.05) is 0 Å². The fourth-order valence-electron chi connectivity index (χ4n) is 1.31. The third kappa shape index (κ3) is 2.64. The van der Waals surface area contributed by atoms with Gasteiger partial charge < -0.3 is 5.11 Å². The van der Waals surface area contributed by atoms with Crippen molar-refractivity contribution in [2.24, 2.45) is 0 Å². The van der Waals surface area contributed by atoms with Crippen molar-refractivity contribution in [2.45, 2.75) is 26.4 Å². The van der Waals surface area contributed by atoms with Gasteiger partial charge in [-0.1, -0.05) is 5.57 Å². The number of pyridine rings is 1. The quantitative estimate of drug-likeness (QED) is 0.735. The number of aromatic nitrogens is 1. The number of hydrogen-bond donors (Lipinski definition) is 1. The molecule has 0 aliphatic heterocycles. The van der Waals surface area contributed by atoms with Crippen LogP contribution in [0.5, 0.6) is 0 Å². The molecule has 1 rings (SSSR count). The minimum Gasteiger partial charge on any atom is -0.380 e. The molecule has 0 aliphatic rings. The second-order valence-corrected chi connectivity index (χ2v) is 3.73. The van der Waals surface area contributed by atoms with Gasteiger partial charge in [0.25, 0.3) is 0 Å². The van der Waals surface area contributed by atoms with Crippen LogP contribution >= 0.6 is 0 Å². The van der Waals surface area contributed by atoms with Crippen LogP contribution in [0.2, 0.25) is 0 Å². The molecule has 1 aromatic rings. The molecule has 14 heavy (non-hydrogen) atoms. The third-order valence-corrected chi connectivity index (χ3v) is 1.82. The van der Waals surface area contributed by atoms with Crippen molar-refractivity contribution in [2.75, 3.05) is 0 Å². The summed E-state index contributed by atoms with van der Waals surface area (Å²) in [6, 6.07) is 2.77. The lowest BCUT2D eigenvalue weighted by atomic mass is 9.99. The van der Waals surface area contributed by atoms with E-state index >= 15 is 0 Å². The first kappa shape index (κ1) is 10.9. The van der Waals surface area contributed by atoms with Crippen LogP contribution in [0, 0.1) is 5.82 Å². The highest BCUT2D eigenvalue weighted by Gasteiger charge is 2.21. The van der Waals surface area contributed by atoms with Gasteiger partial charge >= 0.3 is 0 Å². The van der Waals surface area contributed by atoms with Crippen LogP contribution in [0.15, 0.2) is 30.0 Å². The Balaban J connectivity index is 3.04. The highest BCUT2D eigenvalue weighted by atomic mass is 19.1. The molecule has 0 amide bonds. The van der Waals surface area contributed by atoms with Gasteiger partial charge in [-0.3, -0.25) is 4.98 Å². The zero-order chi connectivity index (χ0) is 10.8. The van der Waals surface area contributed by atoms with Crippen LogP contribution in [0.4, 0.5) is 4.39 Å². The summed E-state index contributed by atoms with van der Waals surface area (Å²) in [7, 11) is 0. The largest absolute Gasteiger partial charge is 0.380 e. The minimum absolute atomic E-state index is 0.401. The zero-order valence-electron chi connectivity index (χ0n) is 8.58. The first-order chi connectivity index (χ1) is 6.42. The Kier molecular flexibility index (Phi) is 3.01. The maximum Gasteiger partial charge on any atom is 0.141 e. The molecule has 1 N–H and O–H groups in total. The van der Waals surface area contributed by atoms with Crippen LogP contribution in [0.25, 0.3) is 0 Å². The molecule has 0 spiro atoms. The zero-order valence-corrected chi connectivity index (χ0v) is 8.58. The molecule has 0 fully saturated rings. The number of halogens is 1. The van der Waals surface area contributed by atoms with Crippen LogP contribution in [0.1, 0.15) is 26.5 Å². The predicted molar refractivity (Wildman–Crippen MR) is 53.2 cm³/mol. The monoisotopic (exact) mass is 195 g/mol. The third-order valence-electron chi connectivity index (χ3n) is 1.82. The van der Waals surface area contributed by atoms with Crippen molar-refractivity contribution in [1.29, 1.82) is 0 Å². The number of allylic oxidation sites excluding steroid dienone is 1. The molecule has 0 aliphatic carbocycles. The number of nitrogens with zero attached hydrogens (tertiary/aromatic N) is 1. The standard InChI is InChI=1S/C11H14FNO/c1-8(2)6-11(3,14)10-5-4-9(12)7-13-10/h4-7,14H,1-3H3. The lowest BCUT2D eigenvalue weighted by Crippen LogP contribution is -2.19. The normalized spacial score (nSPS) is 14.6. The summed E-state index contributed by atoms with van der Waals surface area (Å²) < 4.78 is 12.6. The molecule has 1 atom stereocenters. The van der Waals surface area contributed by atoms with E-state index in [1.807, 2.05) is 13.8 Å². The molecule has 76 valence electrons. The molecule has 0 saturated carbocycles. The van der Waals surface area contributed by atoms with Gasteiger partial charge in [0.1, 0.15) is 11.4 Å². The van der Waals surface area contributed by atoms with E-state index in [9.17, 15) is 9.50 Å².